The van der Waals surface area contributed by atoms with Crippen LogP contribution in [0.5, 0.6) is 0 Å². The zero-order chi connectivity index (χ0) is 18.1. The highest BCUT2D eigenvalue weighted by Gasteiger charge is 2.24. The highest BCUT2D eigenvalue weighted by atomic mass is 16.6. The van der Waals surface area contributed by atoms with E-state index < -0.39 is 0 Å². The first-order valence-electron chi connectivity index (χ1n) is 9.11. The molecule has 0 bridgehead atoms. The molecule has 138 valence electrons. The minimum Gasteiger partial charge on any atom is -0.364 e. The van der Waals surface area contributed by atoms with Gasteiger partial charge in [0, 0.05) is 37.4 Å². The van der Waals surface area contributed by atoms with Crippen molar-refractivity contribution in [3.63, 3.8) is 0 Å². The van der Waals surface area contributed by atoms with E-state index in [4.69, 9.17) is 9.61 Å². The highest BCUT2D eigenvalue weighted by Crippen LogP contribution is 2.30. The molecular formula is C17H24N8O. The van der Waals surface area contributed by atoms with Crippen molar-refractivity contribution in [2.45, 2.75) is 58.2 Å². The van der Waals surface area contributed by atoms with Crippen molar-refractivity contribution in [1.29, 1.82) is 0 Å². The molecule has 3 aromatic rings. The van der Waals surface area contributed by atoms with Gasteiger partial charge in [-0.2, -0.15) is 5.10 Å². The van der Waals surface area contributed by atoms with Crippen LogP contribution in [0, 0.1) is 0 Å². The van der Waals surface area contributed by atoms with Crippen LogP contribution in [0.4, 0.5) is 11.6 Å². The molecule has 0 unspecified atom stereocenters. The molecule has 1 aliphatic carbocycles. The van der Waals surface area contributed by atoms with Gasteiger partial charge in [-0.3, -0.25) is 4.68 Å². The predicted molar refractivity (Wildman–Crippen MR) is 97.8 cm³/mol. The number of rotatable bonds is 6. The highest BCUT2D eigenvalue weighted by molar-refractivity contribution is 5.74. The molecule has 9 heteroatoms. The number of nitrogens with one attached hydrogen (secondary N) is 1. The molecule has 0 saturated heterocycles. The summed E-state index contributed by atoms with van der Waals surface area (Å²) in [7, 11) is 1.92. The van der Waals surface area contributed by atoms with Crippen LogP contribution in [-0.4, -0.2) is 42.1 Å². The molecule has 1 saturated carbocycles. The summed E-state index contributed by atoms with van der Waals surface area (Å²) in [6, 6.07) is 0.652. The first-order chi connectivity index (χ1) is 12.6. The van der Waals surface area contributed by atoms with E-state index in [0.717, 1.165) is 30.0 Å². The van der Waals surface area contributed by atoms with Gasteiger partial charge in [-0.15, -0.1) is 0 Å². The summed E-state index contributed by atoms with van der Waals surface area (Å²) in [6.45, 7) is 4.97. The Morgan fingerprint density at radius 1 is 1.23 bits per heavy atom. The lowest BCUT2D eigenvalue weighted by molar-refractivity contribution is 0.314. The summed E-state index contributed by atoms with van der Waals surface area (Å²) in [6.07, 6.45) is 8.70. The third-order valence-corrected chi connectivity index (χ3v) is 4.80. The zero-order valence-electron chi connectivity index (χ0n) is 15.4. The number of aryl methyl sites for hydroxylation is 1. The Kier molecular flexibility index (Phi) is 4.44. The second-order valence-corrected chi connectivity index (χ2v) is 7.18. The van der Waals surface area contributed by atoms with Gasteiger partial charge in [0.05, 0.1) is 6.20 Å². The summed E-state index contributed by atoms with van der Waals surface area (Å²) >= 11 is 0. The fourth-order valence-corrected chi connectivity index (χ4v) is 3.44. The first-order valence-corrected chi connectivity index (χ1v) is 9.11. The first kappa shape index (κ1) is 16.7. The van der Waals surface area contributed by atoms with Gasteiger partial charge in [-0.1, -0.05) is 12.8 Å². The van der Waals surface area contributed by atoms with Gasteiger partial charge in [0.25, 0.3) is 0 Å². The lowest BCUT2D eigenvalue weighted by Crippen LogP contribution is -2.32. The Bertz CT molecular complexity index is 880. The molecule has 0 atom stereocenters. The molecule has 9 nitrogen and oxygen atoms in total. The Hall–Kier alpha value is -2.71. The van der Waals surface area contributed by atoms with E-state index >= 15 is 0 Å². The normalized spacial score (nSPS) is 15.2. The molecule has 3 heterocycles. The topological polar surface area (TPSA) is 97.8 Å². The van der Waals surface area contributed by atoms with E-state index in [1.165, 1.54) is 12.8 Å². The van der Waals surface area contributed by atoms with E-state index in [-0.39, 0.29) is 6.04 Å². The molecule has 1 aliphatic rings. The summed E-state index contributed by atoms with van der Waals surface area (Å²) in [5, 5.41) is 15.6. The van der Waals surface area contributed by atoms with E-state index in [0.29, 0.717) is 23.9 Å². The summed E-state index contributed by atoms with van der Waals surface area (Å²) in [5.74, 6) is 1.52. The smallest absolute Gasteiger partial charge is 0.245 e. The molecule has 26 heavy (non-hydrogen) atoms. The van der Waals surface area contributed by atoms with Crippen LogP contribution in [0.1, 0.15) is 45.1 Å². The van der Waals surface area contributed by atoms with Crippen molar-refractivity contribution in [3.05, 3.63) is 18.0 Å². The number of hydrogen-bond acceptors (Lipinski definition) is 8. The molecular weight excluding hydrogens is 332 g/mol. The van der Waals surface area contributed by atoms with Crippen LogP contribution >= 0.6 is 0 Å². The minimum atomic E-state index is 0.228. The quantitative estimate of drug-likeness (QED) is 0.719. The predicted octanol–water partition coefficient (Wildman–Crippen LogP) is 2.52. The Labute approximate surface area is 151 Å². The van der Waals surface area contributed by atoms with Crippen LogP contribution in [0.3, 0.4) is 0 Å². The van der Waals surface area contributed by atoms with Crippen LogP contribution in [0.2, 0.25) is 0 Å². The lowest BCUT2D eigenvalue weighted by atomic mass is 10.2. The van der Waals surface area contributed by atoms with Gasteiger partial charge in [0.1, 0.15) is 0 Å². The largest absolute Gasteiger partial charge is 0.364 e. The number of hydrogen-bond donors (Lipinski definition) is 1. The Morgan fingerprint density at radius 3 is 2.62 bits per heavy atom. The van der Waals surface area contributed by atoms with Crippen molar-refractivity contribution in [2.24, 2.45) is 7.05 Å². The van der Waals surface area contributed by atoms with Gasteiger partial charge >= 0.3 is 0 Å². The van der Waals surface area contributed by atoms with Gasteiger partial charge in [0.2, 0.25) is 11.3 Å². The molecule has 1 fully saturated rings. The third-order valence-electron chi connectivity index (χ3n) is 4.80. The summed E-state index contributed by atoms with van der Waals surface area (Å²) < 4.78 is 6.63. The Morgan fingerprint density at radius 2 is 1.96 bits per heavy atom. The molecule has 0 amide bonds. The second-order valence-electron chi connectivity index (χ2n) is 7.18. The van der Waals surface area contributed by atoms with Crippen molar-refractivity contribution in [3.8, 4) is 0 Å². The average molecular weight is 356 g/mol. The average Bonchev–Trinajstić information content (AvgIpc) is 3.34. The van der Waals surface area contributed by atoms with Crippen molar-refractivity contribution in [1.82, 2.24) is 30.1 Å². The van der Waals surface area contributed by atoms with E-state index in [2.05, 4.69) is 44.5 Å². The fourth-order valence-electron chi connectivity index (χ4n) is 3.44. The van der Waals surface area contributed by atoms with Gasteiger partial charge in [-0.05, 0) is 37.0 Å². The maximum Gasteiger partial charge on any atom is 0.245 e. The molecule has 0 radical (unpaired) electrons. The lowest BCUT2D eigenvalue weighted by Gasteiger charge is -2.29. The molecule has 0 spiro atoms. The van der Waals surface area contributed by atoms with Gasteiger partial charge < -0.3 is 10.2 Å². The van der Waals surface area contributed by atoms with Crippen LogP contribution in [0.15, 0.2) is 17.0 Å². The van der Waals surface area contributed by atoms with Crippen molar-refractivity contribution < 1.29 is 4.63 Å². The standard InChI is InChI=1S/C17H24N8O/c1-11(2)25(10-12-8-18-24(3)9-12)17-16(19-13-6-4-5-7-13)20-14-15(21-17)23-26-22-14/h8-9,11,13H,4-7,10H2,1-3H3,(H,19,20,22). The molecule has 0 aromatic carbocycles. The maximum atomic E-state index is 4.82. The third kappa shape index (κ3) is 3.33. The number of nitrogens with zero attached hydrogens (tertiary/aromatic N) is 7. The van der Waals surface area contributed by atoms with Crippen LogP contribution < -0.4 is 10.2 Å². The SMILES string of the molecule is CC(C)N(Cc1cnn(C)c1)c1nc2nonc2nc1NC1CCCC1. The van der Waals surface area contributed by atoms with Gasteiger partial charge in [0.15, 0.2) is 11.6 Å². The molecule has 4 rings (SSSR count). The van der Waals surface area contributed by atoms with Gasteiger partial charge in [-0.25, -0.2) is 14.6 Å². The Balaban J connectivity index is 1.72. The van der Waals surface area contributed by atoms with Crippen molar-refractivity contribution >= 4 is 22.9 Å². The summed E-state index contributed by atoms with van der Waals surface area (Å²) in [5.41, 5.74) is 1.97. The number of fused-ring (bicyclic) bond motifs is 1. The number of anilines is 2. The molecule has 3 aromatic heterocycles. The maximum absolute atomic E-state index is 4.82. The summed E-state index contributed by atoms with van der Waals surface area (Å²) in [4.78, 5) is 11.6. The zero-order valence-corrected chi connectivity index (χ0v) is 15.4. The van der Waals surface area contributed by atoms with E-state index in [9.17, 15) is 0 Å². The minimum absolute atomic E-state index is 0.228. The van der Waals surface area contributed by atoms with E-state index in [1.54, 1.807) is 0 Å². The second kappa shape index (κ2) is 6.89. The van der Waals surface area contributed by atoms with Crippen molar-refractivity contribution in [2.75, 3.05) is 10.2 Å². The van der Waals surface area contributed by atoms with Crippen LogP contribution in [0.25, 0.3) is 11.3 Å². The number of aromatic nitrogens is 6. The monoisotopic (exact) mass is 356 g/mol. The fraction of sp³-hybridized carbons (Fsp3) is 0.588. The molecule has 1 N–H and O–H groups in total. The van der Waals surface area contributed by atoms with E-state index in [1.807, 2.05) is 24.1 Å². The molecule has 0 aliphatic heterocycles. The van der Waals surface area contributed by atoms with Crippen LogP contribution in [-0.2, 0) is 13.6 Å².